The van der Waals surface area contributed by atoms with Crippen LogP contribution in [0.25, 0.3) is 10.8 Å². The Bertz CT molecular complexity index is 570. The maximum atomic E-state index is 5.87. The van der Waals surface area contributed by atoms with Gasteiger partial charge in [0.1, 0.15) is 12.4 Å². The van der Waals surface area contributed by atoms with Gasteiger partial charge in [-0.15, -0.1) is 0 Å². The molecule has 0 amide bonds. The van der Waals surface area contributed by atoms with E-state index in [1.807, 2.05) is 0 Å². The van der Waals surface area contributed by atoms with Crippen LogP contribution < -0.4 is 10.5 Å². The normalized spacial score (nSPS) is 19.6. The van der Waals surface area contributed by atoms with Crippen molar-refractivity contribution in [2.24, 2.45) is 11.7 Å². The molecule has 1 saturated heterocycles. The van der Waals surface area contributed by atoms with Crippen LogP contribution in [0.5, 0.6) is 5.75 Å². The SMILES string of the molecule is NCC1CCN(CCOc2ccc3ccccc3c2)C1. The summed E-state index contributed by atoms with van der Waals surface area (Å²) in [5, 5.41) is 2.49. The van der Waals surface area contributed by atoms with Crippen LogP contribution in [-0.2, 0) is 0 Å². The molecule has 3 rings (SSSR count). The molecule has 2 N–H and O–H groups in total. The van der Waals surface area contributed by atoms with E-state index >= 15 is 0 Å². The summed E-state index contributed by atoms with van der Waals surface area (Å²) in [6.07, 6.45) is 1.23. The van der Waals surface area contributed by atoms with Gasteiger partial charge in [-0.2, -0.15) is 0 Å². The molecule has 1 heterocycles. The number of nitrogens with two attached hydrogens (primary N) is 1. The summed E-state index contributed by atoms with van der Waals surface area (Å²) in [6.45, 7) is 4.82. The molecule has 20 heavy (non-hydrogen) atoms. The largest absolute Gasteiger partial charge is 0.492 e. The van der Waals surface area contributed by atoms with E-state index in [0.29, 0.717) is 5.92 Å². The molecule has 1 fully saturated rings. The van der Waals surface area contributed by atoms with Crippen LogP contribution in [-0.4, -0.2) is 37.7 Å². The minimum atomic E-state index is 0.677. The van der Waals surface area contributed by atoms with Crippen LogP contribution in [0.15, 0.2) is 42.5 Å². The quantitative estimate of drug-likeness (QED) is 0.907. The van der Waals surface area contributed by atoms with Crippen molar-refractivity contribution in [3.8, 4) is 5.75 Å². The molecule has 2 aromatic carbocycles. The third-order valence-corrected chi connectivity index (χ3v) is 4.10. The number of rotatable bonds is 5. The maximum absolute atomic E-state index is 5.87. The molecule has 1 atom stereocenters. The summed E-state index contributed by atoms with van der Waals surface area (Å²) < 4.78 is 5.87. The average molecular weight is 270 g/mol. The second-order valence-electron chi connectivity index (χ2n) is 5.55. The Balaban J connectivity index is 1.52. The molecule has 0 aromatic heterocycles. The van der Waals surface area contributed by atoms with Gasteiger partial charge in [0.15, 0.2) is 0 Å². The van der Waals surface area contributed by atoms with Gasteiger partial charge in [-0.3, -0.25) is 4.90 Å². The topological polar surface area (TPSA) is 38.5 Å². The highest BCUT2D eigenvalue weighted by Gasteiger charge is 2.20. The molecule has 3 nitrogen and oxygen atoms in total. The summed E-state index contributed by atoms with van der Waals surface area (Å²) in [5.41, 5.74) is 5.71. The zero-order valence-corrected chi connectivity index (χ0v) is 11.8. The predicted octanol–water partition coefficient (Wildman–Crippen LogP) is 2.50. The minimum Gasteiger partial charge on any atom is -0.492 e. The number of ether oxygens (including phenoxy) is 1. The molecule has 0 aliphatic carbocycles. The molecule has 1 unspecified atom stereocenters. The molecule has 106 valence electrons. The first-order chi connectivity index (χ1) is 9.85. The Hall–Kier alpha value is -1.58. The second kappa shape index (κ2) is 6.25. The zero-order valence-electron chi connectivity index (χ0n) is 11.8. The van der Waals surface area contributed by atoms with E-state index in [0.717, 1.165) is 38.5 Å². The van der Waals surface area contributed by atoms with Crippen molar-refractivity contribution in [3.05, 3.63) is 42.5 Å². The Labute approximate surface area is 120 Å². The lowest BCUT2D eigenvalue weighted by Gasteiger charge is -2.16. The number of hydrogen-bond donors (Lipinski definition) is 1. The predicted molar refractivity (Wildman–Crippen MR) is 83.0 cm³/mol. The second-order valence-corrected chi connectivity index (χ2v) is 5.55. The third-order valence-electron chi connectivity index (χ3n) is 4.10. The summed E-state index contributed by atoms with van der Waals surface area (Å²) in [7, 11) is 0. The summed E-state index contributed by atoms with van der Waals surface area (Å²) in [5.74, 6) is 1.63. The van der Waals surface area contributed by atoms with Crippen molar-refractivity contribution in [3.63, 3.8) is 0 Å². The van der Waals surface area contributed by atoms with E-state index in [-0.39, 0.29) is 0 Å². The molecular formula is C17H22N2O. The Morgan fingerprint density at radius 2 is 2.00 bits per heavy atom. The monoisotopic (exact) mass is 270 g/mol. The smallest absolute Gasteiger partial charge is 0.120 e. The Kier molecular flexibility index (Phi) is 4.19. The molecule has 0 spiro atoms. The first kappa shape index (κ1) is 13.4. The van der Waals surface area contributed by atoms with Crippen LogP contribution >= 0.6 is 0 Å². The molecule has 2 aromatic rings. The number of hydrogen-bond acceptors (Lipinski definition) is 3. The Morgan fingerprint density at radius 3 is 2.80 bits per heavy atom. The van der Waals surface area contributed by atoms with Gasteiger partial charge < -0.3 is 10.5 Å². The highest BCUT2D eigenvalue weighted by molar-refractivity contribution is 5.83. The lowest BCUT2D eigenvalue weighted by Crippen LogP contribution is -2.27. The van der Waals surface area contributed by atoms with Crippen molar-refractivity contribution in [1.82, 2.24) is 4.90 Å². The van der Waals surface area contributed by atoms with Crippen molar-refractivity contribution in [2.75, 3.05) is 32.8 Å². The summed E-state index contributed by atoms with van der Waals surface area (Å²) >= 11 is 0. The maximum Gasteiger partial charge on any atom is 0.120 e. The number of nitrogens with zero attached hydrogens (tertiary/aromatic N) is 1. The van der Waals surface area contributed by atoms with Crippen LogP contribution in [0.1, 0.15) is 6.42 Å². The molecular weight excluding hydrogens is 248 g/mol. The number of fused-ring (bicyclic) bond motifs is 1. The van der Waals surface area contributed by atoms with Gasteiger partial charge in [-0.25, -0.2) is 0 Å². The molecule has 0 bridgehead atoms. The molecule has 0 radical (unpaired) electrons. The lowest BCUT2D eigenvalue weighted by molar-refractivity contribution is 0.233. The summed E-state index contributed by atoms with van der Waals surface area (Å²) in [6, 6.07) is 14.6. The van der Waals surface area contributed by atoms with Crippen LogP contribution in [0, 0.1) is 5.92 Å². The first-order valence-corrected chi connectivity index (χ1v) is 7.39. The fourth-order valence-electron chi connectivity index (χ4n) is 2.86. The zero-order chi connectivity index (χ0) is 13.8. The van der Waals surface area contributed by atoms with Crippen molar-refractivity contribution >= 4 is 10.8 Å². The average Bonchev–Trinajstić information content (AvgIpc) is 2.95. The molecule has 3 heteroatoms. The first-order valence-electron chi connectivity index (χ1n) is 7.39. The number of likely N-dealkylation sites (tertiary alicyclic amines) is 1. The highest BCUT2D eigenvalue weighted by atomic mass is 16.5. The van der Waals surface area contributed by atoms with Gasteiger partial charge in [-0.1, -0.05) is 30.3 Å². The fourth-order valence-corrected chi connectivity index (χ4v) is 2.86. The van der Waals surface area contributed by atoms with Gasteiger partial charge in [0.05, 0.1) is 0 Å². The Morgan fingerprint density at radius 1 is 1.15 bits per heavy atom. The van der Waals surface area contributed by atoms with Crippen LogP contribution in [0.3, 0.4) is 0 Å². The minimum absolute atomic E-state index is 0.677. The van der Waals surface area contributed by atoms with E-state index < -0.39 is 0 Å². The van der Waals surface area contributed by atoms with E-state index in [1.54, 1.807) is 0 Å². The molecule has 1 aliphatic heterocycles. The lowest BCUT2D eigenvalue weighted by atomic mass is 10.1. The van der Waals surface area contributed by atoms with Crippen LogP contribution in [0.4, 0.5) is 0 Å². The third kappa shape index (κ3) is 3.11. The summed E-state index contributed by atoms with van der Waals surface area (Å²) in [4.78, 5) is 2.44. The van der Waals surface area contributed by atoms with Gasteiger partial charge in [0.2, 0.25) is 0 Å². The van der Waals surface area contributed by atoms with Gasteiger partial charge >= 0.3 is 0 Å². The standard InChI is InChI=1S/C17H22N2O/c18-12-14-7-8-19(13-14)9-10-20-17-6-5-15-3-1-2-4-16(15)11-17/h1-6,11,14H,7-10,12-13,18H2. The van der Waals surface area contributed by atoms with E-state index in [1.165, 1.54) is 17.2 Å². The van der Waals surface area contributed by atoms with E-state index in [9.17, 15) is 0 Å². The van der Waals surface area contributed by atoms with Crippen molar-refractivity contribution < 1.29 is 4.74 Å². The number of benzene rings is 2. The van der Waals surface area contributed by atoms with Gasteiger partial charge in [0.25, 0.3) is 0 Å². The van der Waals surface area contributed by atoms with Crippen molar-refractivity contribution in [2.45, 2.75) is 6.42 Å². The van der Waals surface area contributed by atoms with Gasteiger partial charge in [-0.05, 0) is 48.3 Å². The van der Waals surface area contributed by atoms with E-state index in [2.05, 4.69) is 47.4 Å². The molecule has 1 aliphatic rings. The molecule has 0 saturated carbocycles. The van der Waals surface area contributed by atoms with Crippen LogP contribution in [0.2, 0.25) is 0 Å². The van der Waals surface area contributed by atoms with E-state index in [4.69, 9.17) is 10.5 Å². The van der Waals surface area contributed by atoms with Gasteiger partial charge in [0, 0.05) is 13.1 Å². The van der Waals surface area contributed by atoms with Crippen molar-refractivity contribution in [1.29, 1.82) is 0 Å². The fraction of sp³-hybridized carbons (Fsp3) is 0.412. The highest BCUT2D eigenvalue weighted by Crippen LogP contribution is 2.20.